The van der Waals surface area contributed by atoms with Crippen LogP contribution in [-0.4, -0.2) is 32.9 Å². The summed E-state index contributed by atoms with van der Waals surface area (Å²) in [5, 5.41) is 6.34. The number of carbonyl (C=O) groups excluding carboxylic acids is 2. The van der Waals surface area contributed by atoms with Crippen LogP contribution in [0, 0.1) is 12.7 Å². The molecule has 2 aliphatic rings. The highest BCUT2D eigenvalue weighted by atomic mass is 19.1. The van der Waals surface area contributed by atoms with Crippen molar-refractivity contribution in [3.8, 4) is 0 Å². The molecule has 0 aliphatic heterocycles. The Morgan fingerprint density at radius 3 is 2.25 bits per heavy atom. The van der Waals surface area contributed by atoms with Gasteiger partial charge in [0, 0.05) is 22.8 Å². The highest BCUT2D eigenvalue weighted by molar-refractivity contribution is 5.95. The van der Waals surface area contributed by atoms with Crippen LogP contribution in [0.15, 0.2) is 36.7 Å². The van der Waals surface area contributed by atoms with Gasteiger partial charge in [-0.3, -0.25) is 14.6 Å². The predicted molar refractivity (Wildman–Crippen MR) is 101 cm³/mol. The average molecular weight is 382 g/mol. The Hall–Kier alpha value is -2.83. The minimum Gasteiger partial charge on any atom is -0.347 e. The highest BCUT2D eigenvalue weighted by Crippen LogP contribution is 2.48. The van der Waals surface area contributed by atoms with Crippen LogP contribution in [0.2, 0.25) is 0 Å². The van der Waals surface area contributed by atoms with E-state index in [1.807, 2.05) is 0 Å². The molecule has 7 heteroatoms. The van der Waals surface area contributed by atoms with E-state index in [0.717, 1.165) is 32.1 Å². The Labute approximate surface area is 163 Å². The molecule has 0 radical (unpaired) electrons. The molecule has 1 aromatic heterocycles. The molecular weight excluding hydrogens is 359 g/mol. The Morgan fingerprint density at radius 1 is 0.964 bits per heavy atom. The normalized spacial score (nSPS) is 25.9. The maximum absolute atomic E-state index is 13.1. The molecule has 28 heavy (non-hydrogen) atoms. The molecule has 2 atom stereocenters. The van der Waals surface area contributed by atoms with Crippen LogP contribution < -0.4 is 10.6 Å². The maximum atomic E-state index is 13.1. The van der Waals surface area contributed by atoms with Crippen LogP contribution in [-0.2, 0) is 0 Å². The molecule has 0 spiro atoms. The van der Waals surface area contributed by atoms with Crippen LogP contribution in [0.3, 0.4) is 0 Å². The number of halogens is 1. The van der Waals surface area contributed by atoms with Crippen molar-refractivity contribution in [2.75, 3.05) is 0 Å². The summed E-state index contributed by atoms with van der Waals surface area (Å²) in [5.41, 5.74) is 0.776. The van der Waals surface area contributed by atoms with Gasteiger partial charge in [-0.2, -0.15) is 0 Å². The minimum absolute atomic E-state index is 0.200. The standard InChI is InChI=1S/C21H23FN4O2/c1-14-11-23-12-17(24-14)19(28)26-21-8-2-7-20(13-21,9-10-21)25-18(27)15-3-5-16(22)6-4-15/h3-6,11-12H,2,7-10,13H2,1H3,(H,25,27)(H,26,28). The number of nitrogens with zero attached hydrogens (tertiary/aromatic N) is 2. The lowest BCUT2D eigenvalue weighted by atomic mass is 9.78. The molecule has 2 N–H and O–H groups in total. The van der Waals surface area contributed by atoms with E-state index in [4.69, 9.17) is 0 Å². The number of hydrogen-bond acceptors (Lipinski definition) is 4. The predicted octanol–water partition coefficient (Wildman–Crippen LogP) is 2.93. The van der Waals surface area contributed by atoms with E-state index in [1.54, 1.807) is 13.1 Å². The Kier molecular flexibility index (Phi) is 4.61. The van der Waals surface area contributed by atoms with Crippen molar-refractivity contribution in [2.45, 2.75) is 56.5 Å². The molecule has 1 heterocycles. The van der Waals surface area contributed by atoms with E-state index in [0.29, 0.717) is 23.4 Å². The maximum Gasteiger partial charge on any atom is 0.271 e. The van der Waals surface area contributed by atoms with E-state index in [9.17, 15) is 14.0 Å². The van der Waals surface area contributed by atoms with E-state index in [1.165, 1.54) is 30.5 Å². The van der Waals surface area contributed by atoms with Gasteiger partial charge in [0.15, 0.2) is 0 Å². The van der Waals surface area contributed by atoms with Gasteiger partial charge >= 0.3 is 0 Å². The second-order valence-corrected chi connectivity index (χ2v) is 8.05. The summed E-state index contributed by atoms with van der Waals surface area (Å²) >= 11 is 0. The SMILES string of the molecule is Cc1cncc(C(=O)NC23CCCC(NC(=O)c4ccc(F)cc4)(CC2)C3)n1. The number of hydrogen-bond donors (Lipinski definition) is 2. The second kappa shape index (κ2) is 6.96. The summed E-state index contributed by atoms with van der Waals surface area (Å²) in [6.07, 6.45) is 8.07. The third-order valence-corrected chi connectivity index (χ3v) is 5.92. The largest absolute Gasteiger partial charge is 0.347 e. The first kappa shape index (κ1) is 18.5. The van der Waals surface area contributed by atoms with Gasteiger partial charge < -0.3 is 10.6 Å². The van der Waals surface area contributed by atoms with Crippen LogP contribution in [0.4, 0.5) is 4.39 Å². The number of aryl methyl sites for hydroxylation is 1. The smallest absolute Gasteiger partial charge is 0.271 e. The van der Waals surface area contributed by atoms with E-state index in [2.05, 4.69) is 20.6 Å². The van der Waals surface area contributed by atoms with Crippen molar-refractivity contribution in [3.05, 3.63) is 59.4 Å². The lowest BCUT2D eigenvalue weighted by Crippen LogP contribution is -2.55. The molecule has 2 unspecified atom stereocenters. The van der Waals surface area contributed by atoms with E-state index in [-0.39, 0.29) is 28.7 Å². The van der Waals surface area contributed by atoms with Crippen LogP contribution in [0.5, 0.6) is 0 Å². The summed E-state index contributed by atoms with van der Waals surface area (Å²) < 4.78 is 13.1. The van der Waals surface area contributed by atoms with Crippen LogP contribution in [0.25, 0.3) is 0 Å². The molecule has 4 rings (SSSR count). The van der Waals surface area contributed by atoms with Gasteiger partial charge in [-0.15, -0.1) is 0 Å². The number of rotatable bonds is 4. The van der Waals surface area contributed by atoms with Crippen molar-refractivity contribution >= 4 is 11.8 Å². The first-order chi connectivity index (χ1) is 13.4. The molecule has 2 fully saturated rings. The third kappa shape index (κ3) is 3.61. The molecule has 2 aliphatic carbocycles. The van der Waals surface area contributed by atoms with Gasteiger partial charge in [-0.1, -0.05) is 0 Å². The summed E-state index contributed by atoms with van der Waals surface area (Å²) in [6.45, 7) is 1.80. The van der Waals surface area contributed by atoms with Crippen molar-refractivity contribution in [3.63, 3.8) is 0 Å². The molecule has 2 aromatic rings. The van der Waals surface area contributed by atoms with E-state index < -0.39 is 0 Å². The Bertz CT molecular complexity index is 917. The lowest BCUT2D eigenvalue weighted by molar-refractivity contribution is 0.0829. The lowest BCUT2D eigenvalue weighted by Gasteiger charge is -2.40. The topological polar surface area (TPSA) is 84.0 Å². The summed E-state index contributed by atoms with van der Waals surface area (Å²) in [7, 11) is 0. The first-order valence-corrected chi connectivity index (χ1v) is 9.58. The highest BCUT2D eigenvalue weighted by Gasteiger charge is 2.52. The fourth-order valence-corrected chi connectivity index (χ4v) is 4.63. The molecule has 2 bridgehead atoms. The number of aromatic nitrogens is 2. The number of nitrogens with one attached hydrogen (secondary N) is 2. The Balaban J connectivity index is 1.47. The number of fused-ring (bicyclic) bond motifs is 2. The van der Waals surface area contributed by atoms with Crippen molar-refractivity contribution < 1.29 is 14.0 Å². The second-order valence-electron chi connectivity index (χ2n) is 8.05. The number of carbonyl (C=O) groups is 2. The minimum atomic E-state index is -0.366. The van der Waals surface area contributed by atoms with Crippen LogP contribution >= 0.6 is 0 Å². The van der Waals surface area contributed by atoms with Gasteiger partial charge in [0.2, 0.25) is 0 Å². The molecule has 1 aromatic carbocycles. The summed E-state index contributed by atoms with van der Waals surface area (Å²) in [5.74, 6) is -0.790. The summed E-state index contributed by atoms with van der Waals surface area (Å²) in [6, 6.07) is 5.56. The zero-order valence-corrected chi connectivity index (χ0v) is 15.8. The molecule has 0 saturated heterocycles. The van der Waals surface area contributed by atoms with Gasteiger partial charge in [0.05, 0.1) is 11.9 Å². The average Bonchev–Trinajstić information content (AvgIpc) is 2.92. The van der Waals surface area contributed by atoms with Crippen molar-refractivity contribution in [2.24, 2.45) is 0 Å². The van der Waals surface area contributed by atoms with Gasteiger partial charge in [-0.25, -0.2) is 9.37 Å². The van der Waals surface area contributed by atoms with Gasteiger partial charge in [0.1, 0.15) is 11.5 Å². The fraction of sp³-hybridized carbons (Fsp3) is 0.429. The van der Waals surface area contributed by atoms with Crippen molar-refractivity contribution in [1.29, 1.82) is 0 Å². The number of benzene rings is 1. The molecule has 146 valence electrons. The van der Waals surface area contributed by atoms with Gasteiger partial charge in [0.25, 0.3) is 11.8 Å². The first-order valence-electron chi connectivity index (χ1n) is 9.58. The zero-order chi connectivity index (χ0) is 19.8. The summed E-state index contributed by atoms with van der Waals surface area (Å²) in [4.78, 5) is 33.6. The molecule has 2 saturated carbocycles. The van der Waals surface area contributed by atoms with Crippen LogP contribution in [0.1, 0.15) is 65.1 Å². The Morgan fingerprint density at radius 2 is 1.61 bits per heavy atom. The van der Waals surface area contributed by atoms with Gasteiger partial charge in [-0.05, 0) is 69.7 Å². The quantitative estimate of drug-likeness (QED) is 0.852. The zero-order valence-electron chi connectivity index (χ0n) is 15.8. The van der Waals surface area contributed by atoms with Crippen molar-refractivity contribution in [1.82, 2.24) is 20.6 Å². The third-order valence-electron chi connectivity index (χ3n) is 5.92. The molecule has 6 nitrogen and oxygen atoms in total. The molecular formula is C21H23FN4O2. The monoisotopic (exact) mass is 382 g/mol. The fourth-order valence-electron chi connectivity index (χ4n) is 4.63. The molecule has 2 amide bonds. The van der Waals surface area contributed by atoms with E-state index >= 15 is 0 Å². The number of amides is 2.